The van der Waals surface area contributed by atoms with E-state index in [-0.39, 0.29) is 0 Å². The number of terminal acetylenes is 1. The minimum atomic E-state index is 0.300. The first-order chi connectivity index (χ1) is 5.93. The van der Waals surface area contributed by atoms with E-state index in [0.717, 1.165) is 6.42 Å². The van der Waals surface area contributed by atoms with Crippen molar-refractivity contribution in [1.82, 2.24) is 15.2 Å². The second kappa shape index (κ2) is 5.08. The Morgan fingerprint density at radius 2 is 2.42 bits per heavy atom. The lowest BCUT2D eigenvalue weighted by Gasteiger charge is -1.99. The zero-order valence-corrected chi connectivity index (χ0v) is 6.60. The van der Waals surface area contributed by atoms with Crippen molar-refractivity contribution in [1.29, 1.82) is 0 Å². The SMILES string of the molecule is C#CCCCOc1nccnn1. The molecule has 1 aromatic rings. The van der Waals surface area contributed by atoms with E-state index in [1.165, 1.54) is 12.4 Å². The summed E-state index contributed by atoms with van der Waals surface area (Å²) in [4.78, 5) is 3.83. The molecule has 62 valence electrons. The van der Waals surface area contributed by atoms with Crippen molar-refractivity contribution in [3.05, 3.63) is 12.4 Å². The van der Waals surface area contributed by atoms with Gasteiger partial charge in [-0.3, -0.25) is 0 Å². The van der Waals surface area contributed by atoms with Crippen molar-refractivity contribution in [2.75, 3.05) is 6.61 Å². The maximum absolute atomic E-state index is 5.13. The number of rotatable bonds is 4. The number of hydrogen-bond acceptors (Lipinski definition) is 4. The van der Waals surface area contributed by atoms with Gasteiger partial charge in [0, 0.05) is 6.42 Å². The van der Waals surface area contributed by atoms with E-state index in [1.807, 2.05) is 0 Å². The zero-order valence-electron chi connectivity index (χ0n) is 6.60. The number of hydrogen-bond donors (Lipinski definition) is 0. The molecule has 0 aliphatic heterocycles. The summed E-state index contributed by atoms with van der Waals surface area (Å²) >= 11 is 0. The molecular formula is C8H9N3O. The highest BCUT2D eigenvalue weighted by Gasteiger charge is 1.93. The Balaban J connectivity index is 2.21. The lowest BCUT2D eigenvalue weighted by Crippen LogP contribution is -2.01. The van der Waals surface area contributed by atoms with Crippen LogP contribution in [0.4, 0.5) is 0 Å². The molecule has 4 heteroatoms. The van der Waals surface area contributed by atoms with Crippen LogP contribution in [0.3, 0.4) is 0 Å². The van der Waals surface area contributed by atoms with E-state index in [9.17, 15) is 0 Å². The van der Waals surface area contributed by atoms with Gasteiger partial charge >= 0.3 is 6.01 Å². The molecule has 0 bridgehead atoms. The van der Waals surface area contributed by atoms with Crippen molar-refractivity contribution in [3.63, 3.8) is 0 Å². The average molecular weight is 163 g/mol. The molecule has 0 saturated heterocycles. The third-order valence-corrected chi connectivity index (χ3v) is 1.16. The summed E-state index contributed by atoms with van der Waals surface area (Å²) in [5, 5.41) is 7.25. The van der Waals surface area contributed by atoms with Crippen LogP contribution in [0.25, 0.3) is 0 Å². The average Bonchev–Trinajstić information content (AvgIpc) is 2.14. The van der Waals surface area contributed by atoms with Gasteiger partial charge in [0.1, 0.15) is 0 Å². The Morgan fingerprint density at radius 1 is 1.50 bits per heavy atom. The Hall–Kier alpha value is -1.63. The van der Waals surface area contributed by atoms with Crippen LogP contribution in [-0.4, -0.2) is 21.8 Å². The summed E-state index contributed by atoms with van der Waals surface area (Å²) in [6.45, 7) is 0.538. The van der Waals surface area contributed by atoms with Crippen LogP contribution in [-0.2, 0) is 0 Å². The van der Waals surface area contributed by atoms with Crippen molar-refractivity contribution in [3.8, 4) is 18.4 Å². The molecule has 1 rings (SSSR count). The van der Waals surface area contributed by atoms with Gasteiger partial charge in [0.25, 0.3) is 0 Å². The Morgan fingerprint density at radius 3 is 3.08 bits per heavy atom. The lowest BCUT2D eigenvalue weighted by molar-refractivity contribution is 0.284. The number of ether oxygens (including phenoxy) is 1. The molecule has 4 nitrogen and oxygen atoms in total. The maximum atomic E-state index is 5.13. The third-order valence-electron chi connectivity index (χ3n) is 1.16. The fourth-order valence-electron chi connectivity index (χ4n) is 0.639. The fourth-order valence-corrected chi connectivity index (χ4v) is 0.639. The molecule has 1 aromatic heterocycles. The molecule has 0 radical (unpaired) electrons. The van der Waals surface area contributed by atoms with Crippen LogP contribution in [0.15, 0.2) is 12.4 Å². The van der Waals surface area contributed by atoms with Gasteiger partial charge in [0.15, 0.2) is 0 Å². The molecule has 0 N–H and O–H groups in total. The van der Waals surface area contributed by atoms with Gasteiger partial charge in [-0.1, -0.05) is 5.10 Å². The summed E-state index contributed by atoms with van der Waals surface area (Å²) in [5.41, 5.74) is 0. The van der Waals surface area contributed by atoms with Crippen molar-refractivity contribution >= 4 is 0 Å². The smallest absolute Gasteiger partial charge is 0.335 e. The molecule has 0 aliphatic rings. The first kappa shape index (κ1) is 8.47. The second-order valence-corrected chi connectivity index (χ2v) is 2.08. The van der Waals surface area contributed by atoms with E-state index < -0.39 is 0 Å². The molecule has 1 heterocycles. The van der Waals surface area contributed by atoms with Crippen LogP contribution >= 0.6 is 0 Å². The topological polar surface area (TPSA) is 47.9 Å². The highest BCUT2D eigenvalue weighted by molar-refractivity contribution is 4.87. The number of aromatic nitrogens is 3. The van der Waals surface area contributed by atoms with Crippen LogP contribution in [0, 0.1) is 12.3 Å². The molecule has 0 unspecified atom stereocenters. The van der Waals surface area contributed by atoms with Crippen LogP contribution in [0.2, 0.25) is 0 Å². The predicted molar refractivity (Wildman–Crippen MR) is 43.4 cm³/mol. The fraction of sp³-hybridized carbons (Fsp3) is 0.375. The zero-order chi connectivity index (χ0) is 8.65. The standard InChI is InChI=1S/C8H9N3O/c1-2-3-4-7-12-8-9-5-6-10-11-8/h1,5-6H,3-4,7H2. The minimum absolute atomic E-state index is 0.300. The molecular weight excluding hydrogens is 154 g/mol. The Kier molecular flexibility index (Phi) is 3.58. The van der Waals surface area contributed by atoms with Crippen molar-refractivity contribution in [2.24, 2.45) is 0 Å². The van der Waals surface area contributed by atoms with Crippen LogP contribution in [0.5, 0.6) is 6.01 Å². The minimum Gasteiger partial charge on any atom is -0.462 e. The number of nitrogens with zero attached hydrogens (tertiary/aromatic N) is 3. The molecule has 0 fully saturated rings. The summed E-state index contributed by atoms with van der Waals surface area (Å²) < 4.78 is 5.13. The largest absolute Gasteiger partial charge is 0.462 e. The van der Waals surface area contributed by atoms with Gasteiger partial charge in [0.2, 0.25) is 0 Å². The van der Waals surface area contributed by atoms with E-state index in [2.05, 4.69) is 21.1 Å². The molecule has 0 spiro atoms. The first-order valence-corrected chi connectivity index (χ1v) is 3.63. The van der Waals surface area contributed by atoms with Gasteiger partial charge in [-0.05, 0) is 6.42 Å². The second-order valence-electron chi connectivity index (χ2n) is 2.08. The third kappa shape index (κ3) is 2.97. The highest BCUT2D eigenvalue weighted by Crippen LogP contribution is 1.96. The van der Waals surface area contributed by atoms with E-state index in [0.29, 0.717) is 19.0 Å². The summed E-state index contributed by atoms with van der Waals surface area (Å²) in [6, 6.07) is 0.300. The van der Waals surface area contributed by atoms with Gasteiger partial charge in [-0.15, -0.1) is 12.3 Å². The Bertz CT molecular complexity index is 255. The molecule has 0 aliphatic carbocycles. The van der Waals surface area contributed by atoms with Gasteiger partial charge in [-0.25, -0.2) is 4.98 Å². The predicted octanol–water partition coefficient (Wildman–Crippen LogP) is 0.664. The monoisotopic (exact) mass is 163 g/mol. The summed E-state index contributed by atoms with van der Waals surface area (Å²) in [5.74, 6) is 2.52. The molecule has 12 heavy (non-hydrogen) atoms. The maximum Gasteiger partial charge on any atom is 0.335 e. The van der Waals surface area contributed by atoms with Gasteiger partial charge in [0.05, 0.1) is 19.0 Å². The van der Waals surface area contributed by atoms with Gasteiger partial charge in [-0.2, -0.15) is 5.10 Å². The van der Waals surface area contributed by atoms with Gasteiger partial charge < -0.3 is 4.74 Å². The lowest BCUT2D eigenvalue weighted by atomic mass is 10.3. The van der Waals surface area contributed by atoms with E-state index in [4.69, 9.17) is 11.2 Å². The normalized spacial score (nSPS) is 8.92. The highest BCUT2D eigenvalue weighted by atomic mass is 16.5. The van der Waals surface area contributed by atoms with Crippen molar-refractivity contribution in [2.45, 2.75) is 12.8 Å². The Labute approximate surface area is 71.0 Å². The molecule has 0 atom stereocenters. The van der Waals surface area contributed by atoms with Crippen molar-refractivity contribution < 1.29 is 4.74 Å². The molecule has 0 saturated carbocycles. The summed E-state index contributed by atoms with van der Waals surface area (Å²) in [6.07, 6.45) is 9.61. The summed E-state index contributed by atoms with van der Waals surface area (Å²) in [7, 11) is 0. The molecule has 0 aromatic carbocycles. The first-order valence-electron chi connectivity index (χ1n) is 3.63. The van der Waals surface area contributed by atoms with E-state index in [1.54, 1.807) is 0 Å². The van der Waals surface area contributed by atoms with E-state index >= 15 is 0 Å². The number of unbranched alkanes of at least 4 members (excludes halogenated alkanes) is 1. The van der Waals surface area contributed by atoms with Crippen LogP contribution in [0.1, 0.15) is 12.8 Å². The quantitative estimate of drug-likeness (QED) is 0.483. The molecule has 0 amide bonds. The van der Waals surface area contributed by atoms with Crippen LogP contribution < -0.4 is 4.74 Å².